The van der Waals surface area contributed by atoms with E-state index < -0.39 is 6.04 Å². The first-order chi connectivity index (χ1) is 13.8. The van der Waals surface area contributed by atoms with Crippen molar-refractivity contribution >= 4 is 23.4 Å². The van der Waals surface area contributed by atoms with Gasteiger partial charge < -0.3 is 15.0 Å². The lowest BCUT2D eigenvalue weighted by atomic mass is 10.1. The summed E-state index contributed by atoms with van der Waals surface area (Å²) in [6.07, 6.45) is 0.511. The van der Waals surface area contributed by atoms with Crippen molar-refractivity contribution in [3.63, 3.8) is 0 Å². The summed E-state index contributed by atoms with van der Waals surface area (Å²) in [6, 6.07) is 14.2. The average Bonchev–Trinajstić information content (AvgIpc) is 2.68. The molecule has 0 spiro atoms. The molecule has 29 heavy (non-hydrogen) atoms. The van der Waals surface area contributed by atoms with Crippen LogP contribution in [0.15, 0.2) is 48.5 Å². The van der Waals surface area contributed by atoms with E-state index in [4.69, 9.17) is 16.3 Å². The minimum atomic E-state index is -0.569. The van der Waals surface area contributed by atoms with Gasteiger partial charge in [-0.05, 0) is 57.0 Å². The normalized spacial score (nSPS) is 11.8. The Hall–Kier alpha value is -2.53. The van der Waals surface area contributed by atoms with Crippen molar-refractivity contribution in [1.82, 2.24) is 10.2 Å². The summed E-state index contributed by atoms with van der Waals surface area (Å²) in [4.78, 5) is 27.4. The van der Waals surface area contributed by atoms with Crippen molar-refractivity contribution in [2.75, 3.05) is 6.61 Å². The summed E-state index contributed by atoms with van der Waals surface area (Å²) in [5.74, 6) is 0.151. The molecule has 0 aliphatic rings. The minimum Gasteiger partial charge on any atom is -0.484 e. The fourth-order valence-electron chi connectivity index (χ4n) is 2.95. The number of hydrogen-bond acceptors (Lipinski definition) is 3. The molecule has 0 aliphatic carbocycles. The van der Waals surface area contributed by atoms with Crippen molar-refractivity contribution in [2.24, 2.45) is 0 Å². The molecule has 2 aromatic carbocycles. The van der Waals surface area contributed by atoms with E-state index in [0.717, 1.165) is 11.1 Å². The smallest absolute Gasteiger partial charge is 0.261 e. The van der Waals surface area contributed by atoms with E-state index in [1.54, 1.807) is 29.2 Å². The number of ether oxygens (including phenoxy) is 1. The van der Waals surface area contributed by atoms with Gasteiger partial charge in [-0.25, -0.2) is 0 Å². The first-order valence-electron chi connectivity index (χ1n) is 9.84. The zero-order valence-electron chi connectivity index (χ0n) is 17.4. The van der Waals surface area contributed by atoms with Crippen LogP contribution < -0.4 is 10.1 Å². The molecule has 156 valence electrons. The Morgan fingerprint density at radius 3 is 2.24 bits per heavy atom. The largest absolute Gasteiger partial charge is 0.484 e. The number of rotatable bonds is 9. The Morgan fingerprint density at radius 1 is 1.07 bits per heavy atom. The third-order valence-corrected chi connectivity index (χ3v) is 4.72. The van der Waals surface area contributed by atoms with Crippen LogP contribution in [-0.2, 0) is 16.1 Å². The molecule has 1 N–H and O–H groups in total. The molecular weight excluding hydrogens is 388 g/mol. The molecule has 6 heteroatoms. The van der Waals surface area contributed by atoms with Crippen molar-refractivity contribution in [1.29, 1.82) is 0 Å². The number of carbonyl (C=O) groups excluding carboxylic acids is 2. The van der Waals surface area contributed by atoms with E-state index in [0.29, 0.717) is 23.7 Å². The van der Waals surface area contributed by atoms with Gasteiger partial charge in [-0.15, -0.1) is 0 Å². The number of carbonyl (C=O) groups is 2. The number of hydrogen-bond donors (Lipinski definition) is 1. The maximum atomic E-state index is 13.0. The maximum absolute atomic E-state index is 13.0. The fraction of sp³-hybridized carbons (Fsp3) is 0.391. The average molecular weight is 417 g/mol. The topological polar surface area (TPSA) is 58.6 Å². The molecule has 2 amide bonds. The zero-order chi connectivity index (χ0) is 21.4. The second-order valence-corrected chi connectivity index (χ2v) is 7.77. The van der Waals surface area contributed by atoms with Gasteiger partial charge in [-0.2, -0.15) is 0 Å². The lowest BCUT2D eigenvalue weighted by Crippen LogP contribution is -2.51. The molecule has 0 bridgehead atoms. The van der Waals surface area contributed by atoms with Crippen molar-refractivity contribution < 1.29 is 14.3 Å². The first-order valence-corrected chi connectivity index (χ1v) is 10.2. The zero-order valence-corrected chi connectivity index (χ0v) is 18.2. The van der Waals surface area contributed by atoms with Crippen molar-refractivity contribution in [3.8, 4) is 5.75 Å². The van der Waals surface area contributed by atoms with Crippen LogP contribution in [0, 0.1) is 6.92 Å². The Balaban J connectivity index is 2.18. The van der Waals surface area contributed by atoms with Gasteiger partial charge in [-0.1, -0.05) is 48.4 Å². The van der Waals surface area contributed by atoms with Gasteiger partial charge in [0.2, 0.25) is 5.91 Å². The summed E-state index contributed by atoms with van der Waals surface area (Å²) in [5.41, 5.74) is 2.11. The summed E-state index contributed by atoms with van der Waals surface area (Å²) in [6.45, 7) is 7.91. The maximum Gasteiger partial charge on any atom is 0.261 e. The number of aryl methyl sites for hydroxylation is 1. The first kappa shape index (κ1) is 22.8. The van der Waals surface area contributed by atoms with Crippen LogP contribution >= 0.6 is 11.6 Å². The Bertz CT molecular complexity index is 804. The minimum absolute atomic E-state index is 0.00167. The van der Waals surface area contributed by atoms with Gasteiger partial charge >= 0.3 is 0 Å². The molecule has 0 aliphatic heterocycles. The van der Waals surface area contributed by atoms with Gasteiger partial charge in [0.25, 0.3) is 5.91 Å². The SMILES string of the molecule is CC[C@@H](C(=O)NC(C)C)N(Cc1ccc(C)cc1)C(=O)COc1ccc(Cl)cc1. The summed E-state index contributed by atoms with van der Waals surface area (Å²) < 4.78 is 5.63. The van der Waals surface area contributed by atoms with Gasteiger partial charge in [-0.3, -0.25) is 9.59 Å². The molecule has 0 saturated heterocycles. The highest BCUT2D eigenvalue weighted by Gasteiger charge is 2.29. The summed E-state index contributed by atoms with van der Waals surface area (Å²) >= 11 is 5.89. The van der Waals surface area contributed by atoms with Crippen molar-refractivity contribution in [3.05, 3.63) is 64.7 Å². The highest BCUT2D eigenvalue weighted by molar-refractivity contribution is 6.30. The van der Waals surface area contributed by atoms with E-state index in [9.17, 15) is 9.59 Å². The highest BCUT2D eigenvalue weighted by atomic mass is 35.5. The monoisotopic (exact) mass is 416 g/mol. The third-order valence-electron chi connectivity index (χ3n) is 4.47. The van der Waals surface area contributed by atoms with Crippen molar-refractivity contribution in [2.45, 2.75) is 52.7 Å². The van der Waals surface area contributed by atoms with E-state index in [2.05, 4.69) is 5.32 Å². The van der Waals surface area contributed by atoms with E-state index in [1.807, 2.05) is 52.0 Å². The lowest BCUT2D eigenvalue weighted by molar-refractivity contribution is -0.143. The van der Waals surface area contributed by atoms with Crippen LogP contribution in [0.4, 0.5) is 0 Å². The predicted molar refractivity (Wildman–Crippen MR) is 116 cm³/mol. The Labute approximate surface area is 178 Å². The summed E-state index contributed by atoms with van der Waals surface area (Å²) in [5, 5.41) is 3.51. The second kappa shape index (κ2) is 10.9. The molecule has 0 fully saturated rings. The number of nitrogens with one attached hydrogen (secondary N) is 1. The molecular formula is C23H29ClN2O3. The lowest BCUT2D eigenvalue weighted by Gasteiger charge is -2.31. The fourth-order valence-corrected chi connectivity index (χ4v) is 3.08. The quantitative estimate of drug-likeness (QED) is 0.660. The van der Waals surface area contributed by atoms with Crippen LogP contribution in [-0.4, -0.2) is 35.4 Å². The number of amides is 2. The van der Waals surface area contributed by atoms with Gasteiger partial charge in [0.1, 0.15) is 11.8 Å². The van der Waals surface area contributed by atoms with Gasteiger partial charge in [0.05, 0.1) is 0 Å². The number of benzene rings is 2. The van der Waals surface area contributed by atoms with Crippen LogP contribution in [0.1, 0.15) is 38.3 Å². The van der Waals surface area contributed by atoms with Crippen LogP contribution in [0.5, 0.6) is 5.75 Å². The van der Waals surface area contributed by atoms with E-state index in [1.165, 1.54) is 0 Å². The standard InChI is InChI=1S/C23H29ClN2O3/c1-5-21(23(28)25-16(2)3)26(14-18-8-6-17(4)7-9-18)22(27)15-29-20-12-10-19(24)11-13-20/h6-13,16,21H,5,14-15H2,1-4H3,(H,25,28)/t21-/m0/s1. The molecule has 0 saturated carbocycles. The van der Waals surface area contributed by atoms with Gasteiger partial charge in [0, 0.05) is 17.6 Å². The third kappa shape index (κ3) is 7.09. The van der Waals surface area contributed by atoms with E-state index in [-0.39, 0.29) is 24.5 Å². The molecule has 2 rings (SSSR count). The molecule has 2 aromatic rings. The Morgan fingerprint density at radius 2 is 1.69 bits per heavy atom. The van der Waals surface area contributed by atoms with Gasteiger partial charge in [0.15, 0.2) is 6.61 Å². The predicted octanol–water partition coefficient (Wildman–Crippen LogP) is 4.36. The summed E-state index contributed by atoms with van der Waals surface area (Å²) in [7, 11) is 0. The second-order valence-electron chi connectivity index (χ2n) is 7.34. The molecule has 1 atom stereocenters. The molecule has 0 unspecified atom stereocenters. The van der Waals surface area contributed by atoms with E-state index >= 15 is 0 Å². The molecule has 0 aromatic heterocycles. The molecule has 0 radical (unpaired) electrons. The molecule has 0 heterocycles. The van der Waals surface area contributed by atoms with Crippen LogP contribution in [0.25, 0.3) is 0 Å². The van der Waals surface area contributed by atoms with Crippen LogP contribution in [0.2, 0.25) is 5.02 Å². The molecule has 5 nitrogen and oxygen atoms in total. The van der Waals surface area contributed by atoms with Crippen LogP contribution in [0.3, 0.4) is 0 Å². The number of halogens is 1. The highest BCUT2D eigenvalue weighted by Crippen LogP contribution is 2.17. The number of nitrogens with zero attached hydrogens (tertiary/aromatic N) is 1. The Kier molecular flexibility index (Phi) is 8.52.